The van der Waals surface area contributed by atoms with E-state index in [9.17, 15) is 14.9 Å². The predicted octanol–water partition coefficient (Wildman–Crippen LogP) is 2.43. The fourth-order valence-electron chi connectivity index (χ4n) is 2.39. The summed E-state index contributed by atoms with van der Waals surface area (Å²) in [7, 11) is 4.26. The van der Waals surface area contributed by atoms with Gasteiger partial charge in [0.2, 0.25) is 0 Å². The maximum Gasteiger partial charge on any atom is 0.286 e. The van der Waals surface area contributed by atoms with Gasteiger partial charge in [-0.25, -0.2) is 0 Å². The van der Waals surface area contributed by atoms with Crippen molar-refractivity contribution in [3.63, 3.8) is 0 Å². The molecule has 0 heterocycles. The SMILES string of the molecule is COc1cc(C(=O)NCC#CCOc2ccccc2OC)c([N+](=O)[O-])cc1OC. The number of amides is 1. The van der Waals surface area contributed by atoms with Gasteiger partial charge in [-0.05, 0) is 12.1 Å². The minimum atomic E-state index is -0.663. The van der Waals surface area contributed by atoms with Crippen molar-refractivity contribution in [1.82, 2.24) is 5.32 Å². The zero-order chi connectivity index (χ0) is 21.2. The number of carbonyl (C=O) groups is 1. The highest BCUT2D eigenvalue weighted by Gasteiger charge is 2.24. The van der Waals surface area contributed by atoms with Gasteiger partial charge < -0.3 is 24.3 Å². The van der Waals surface area contributed by atoms with Crippen LogP contribution in [-0.2, 0) is 0 Å². The van der Waals surface area contributed by atoms with Gasteiger partial charge in [-0.15, -0.1) is 0 Å². The van der Waals surface area contributed by atoms with E-state index in [4.69, 9.17) is 18.9 Å². The quantitative estimate of drug-likeness (QED) is 0.412. The summed E-state index contributed by atoms with van der Waals surface area (Å²) in [4.78, 5) is 23.0. The molecule has 0 saturated heterocycles. The minimum Gasteiger partial charge on any atom is -0.493 e. The highest BCUT2D eigenvalue weighted by Crippen LogP contribution is 2.34. The van der Waals surface area contributed by atoms with Crippen molar-refractivity contribution >= 4 is 11.6 Å². The second kappa shape index (κ2) is 10.4. The van der Waals surface area contributed by atoms with E-state index in [1.54, 1.807) is 12.1 Å². The summed E-state index contributed by atoms with van der Waals surface area (Å²) in [6.07, 6.45) is 0. The third kappa shape index (κ3) is 5.52. The molecule has 0 unspecified atom stereocenters. The molecule has 0 saturated carbocycles. The lowest BCUT2D eigenvalue weighted by Crippen LogP contribution is -2.24. The number of nitro groups is 1. The Morgan fingerprint density at radius 2 is 1.62 bits per heavy atom. The molecule has 9 nitrogen and oxygen atoms in total. The summed E-state index contributed by atoms with van der Waals surface area (Å²) in [6, 6.07) is 9.53. The van der Waals surface area contributed by atoms with Crippen LogP contribution in [0.2, 0.25) is 0 Å². The van der Waals surface area contributed by atoms with Gasteiger partial charge in [0, 0.05) is 6.07 Å². The second-order valence-corrected chi connectivity index (χ2v) is 5.46. The van der Waals surface area contributed by atoms with Crippen LogP contribution in [0.25, 0.3) is 0 Å². The summed E-state index contributed by atoms with van der Waals surface area (Å²) in [5.74, 6) is 6.32. The van der Waals surface area contributed by atoms with E-state index in [0.29, 0.717) is 11.5 Å². The van der Waals surface area contributed by atoms with E-state index >= 15 is 0 Å². The van der Waals surface area contributed by atoms with Crippen LogP contribution >= 0.6 is 0 Å². The maximum atomic E-state index is 12.3. The summed E-state index contributed by atoms with van der Waals surface area (Å²) in [6.45, 7) is 0.0758. The van der Waals surface area contributed by atoms with Gasteiger partial charge in [0.15, 0.2) is 23.0 Å². The maximum absolute atomic E-state index is 12.3. The van der Waals surface area contributed by atoms with E-state index in [0.717, 1.165) is 6.07 Å². The average molecular weight is 400 g/mol. The molecule has 0 aliphatic rings. The molecule has 152 valence electrons. The Kier molecular flexibility index (Phi) is 7.68. The Balaban J connectivity index is 1.99. The van der Waals surface area contributed by atoms with Gasteiger partial charge in [-0.1, -0.05) is 24.0 Å². The van der Waals surface area contributed by atoms with Crippen molar-refractivity contribution in [2.75, 3.05) is 34.5 Å². The number of nitro benzene ring substituents is 1. The Bertz CT molecular complexity index is 948. The number of benzene rings is 2. The van der Waals surface area contributed by atoms with Crippen LogP contribution < -0.4 is 24.3 Å². The number of ether oxygens (including phenoxy) is 4. The number of carbonyl (C=O) groups excluding carboxylic acids is 1. The van der Waals surface area contributed by atoms with Crippen molar-refractivity contribution in [3.8, 4) is 34.8 Å². The lowest BCUT2D eigenvalue weighted by Gasteiger charge is -2.10. The third-order valence-electron chi connectivity index (χ3n) is 3.77. The monoisotopic (exact) mass is 400 g/mol. The number of nitrogens with one attached hydrogen (secondary N) is 1. The van der Waals surface area contributed by atoms with Crippen LogP contribution in [0.15, 0.2) is 36.4 Å². The van der Waals surface area contributed by atoms with E-state index in [1.165, 1.54) is 27.4 Å². The van der Waals surface area contributed by atoms with Gasteiger partial charge in [-0.2, -0.15) is 0 Å². The highest BCUT2D eigenvalue weighted by atomic mass is 16.6. The van der Waals surface area contributed by atoms with Crippen molar-refractivity contribution in [1.29, 1.82) is 0 Å². The van der Waals surface area contributed by atoms with Crippen LogP contribution in [-0.4, -0.2) is 45.3 Å². The molecule has 0 atom stereocenters. The minimum absolute atomic E-state index is 0.0143. The Morgan fingerprint density at radius 1 is 1.00 bits per heavy atom. The number of rotatable bonds is 8. The molecule has 0 aliphatic carbocycles. The first-order chi connectivity index (χ1) is 14.0. The fourth-order valence-corrected chi connectivity index (χ4v) is 2.39. The summed E-state index contributed by atoms with van der Waals surface area (Å²) in [5.41, 5.74) is -0.549. The molecule has 0 spiro atoms. The predicted molar refractivity (Wildman–Crippen MR) is 105 cm³/mol. The lowest BCUT2D eigenvalue weighted by atomic mass is 10.1. The molecule has 2 aromatic rings. The molecule has 2 aromatic carbocycles. The summed E-state index contributed by atoms with van der Waals surface area (Å²) < 4.78 is 20.8. The smallest absolute Gasteiger partial charge is 0.286 e. The molecule has 0 aliphatic heterocycles. The van der Waals surface area contributed by atoms with Crippen LogP contribution in [0.4, 0.5) is 5.69 Å². The van der Waals surface area contributed by atoms with E-state index in [2.05, 4.69) is 17.2 Å². The molecule has 0 radical (unpaired) electrons. The fraction of sp³-hybridized carbons (Fsp3) is 0.250. The van der Waals surface area contributed by atoms with Crippen molar-refractivity contribution < 1.29 is 28.7 Å². The first-order valence-electron chi connectivity index (χ1n) is 8.42. The zero-order valence-electron chi connectivity index (χ0n) is 16.2. The summed E-state index contributed by atoms with van der Waals surface area (Å²) in [5, 5.41) is 13.8. The average Bonchev–Trinajstić information content (AvgIpc) is 2.74. The number of hydrogen-bond donors (Lipinski definition) is 1. The highest BCUT2D eigenvalue weighted by molar-refractivity contribution is 5.99. The van der Waals surface area contributed by atoms with Gasteiger partial charge in [0.1, 0.15) is 12.2 Å². The molecule has 9 heteroatoms. The normalized spacial score (nSPS) is 9.62. The molecule has 29 heavy (non-hydrogen) atoms. The first-order valence-corrected chi connectivity index (χ1v) is 8.42. The van der Waals surface area contributed by atoms with Crippen molar-refractivity contribution in [2.45, 2.75) is 0 Å². The molecular weight excluding hydrogens is 380 g/mol. The number of nitrogens with zero attached hydrogens (tertiary/aromatic N) is 1. The lowest BCUT2D eigenvalue weighted by molar-refractivity contribution is -0.385. The van der Waals surface area contributed by atoms with E-state index in [1.807, 2.05) is 12.1 Å². The number of hydrogen-bond acceptors (Lipinski definition) is 7. The standard InChI is InChI=1S/C20H20N2O7/c1-26-16-8-4-5-9-17(16)29-11-7-6-10-21-20(23)14-12-18(27-2)19(28-3)13-15(14)22(24)25/h4-5,8-9,12-13H,10-11H2,1-3H3,(H,21,23). The Labute approximate surface area is 167 Å². The van der Waals surface area contributed by atoms with Gasteiger partial charge >= 0.3 is 0 Å². The largest absolute Gasteiger partial charge is 0.493 e. The van der Waals surface area contributed by atoms with Gasteiger partial charge in [0.05, 0.1) is 38.9 Å². The van der Waals surface area contributed by atoms with Crippen molar-refractivity contribution in [2.24, 2.45) is 0 Å². The van der Waals surface area contributed by atoms with Crippen molar-refractivity contribution in [3.05, 3.63) is 52.1 Å². The Hall–Kier alpha value is -3.93. The molecule has 0 bridgehead atoms. The Morgan fingerprint density at radius 3 is 2.24 bits per heavy atom. The van der Waals surface area contributed by atoms with E-state index in [-0.39, 0.29) is 30.2 Å². The molecular formula is C20H20N2O7. The molecule has 0 aromatic heterocycles. The third-order valence-corrected chi connectivity index (χ3v) is 3.77. The topological polar surface area (TPSA) is 109 Å². The second-order valence-electron chi connectivity index (χ2n) is 5.46. The molecule has 1 N–H and O–H groups in total. The molecule has 0 fully saturated rings. The first kappa shape index (κ1) is 21.4. The van der Waals surface area contributed by atoms with Crippen LogP contribution in [0.1, 0.15) is 10.4 Å². The van der Waals surface area contributed by atoms with Crippen LogP contribution in [0.5, 0.6) is 23.0 Å². The molecule has 1 amide bonds. The van der Waals surface area contributed by atoms with Gasteiger partial charge in [0.25, 0.3) is 11.6 Å². The van der Waals surface area contributed by atoms with Crippen LogP contribution in [0, 0.1) is 22.0 Å². The van der Waals surface area contributed by atoms with Crippen LogP contribution in [0.3, 0.4) is 0 Å². The molecule has 2 rings (SSSR count). The summed E-state index contributed by atoms with van der Waals surface area (Å²) >= 11 is 0. The van der Waals surface area contributed by atoms with E-state index < -0.39 is 16.5 Å². The number of para-hydroxylation sites is 2. The number of methoxy groups -OCH3 is 3. The van der Waals surface area contributed by atoms with Gasteiger partial charge in [-0.3, -0.25) is 14.9 Å². The zero-order valence-corrected chi connectivity index (χ0v) is 16.2.